The number of piperazine rings is 1. The van der Waals surface area contributed by atoms with Crippen LogP contribution in [-0.2, 0) is 11.2 Å². The van der Waals surface area contributed by atoms with Gasteiger partial charge in [0.15, 0.2) is 16.6 Å². The van der Waals surface area contributed by atoms with E-state index >= 15 is 0 Å². The number of nitrogens with one attached hydrogen (secondary N) is 1. The van der Waals surface area contributed by atoms with Crippen LogP contribution in [0.2, 0.25) is 0 Å². The predicted molar refractivity (Wildman–Crippen MR) is 145 cm³/mol. The van der Waals surface area contributed by atoms with Gasteiger partial charge in [0.25, 0.3) is 5.91 Å². The van der Waals surface area contributed by atoms with Crippen LogP contribution in [0, 0.1) is 0 Å². The number of hydrogen-bond acceptors (Lipinski definition) is 5. The second-order valence-electron chi connectivity index (χ2n) is 9.59. The van der Waals surface area contributed by atoms with Gasteiger partial charge in [-0.2, -0.15) is 0 Å². The first-order chi connectivity index (χ1) is 18.0. The maximum Gasteiger partial charge on any atom is 0.332 e. The molecule has 6 rings (SSSR count). The first-order valence-electron chi connectivity index (χ1n) is 12.4. The number of imide groups is 1. The summed E-state index contributed by atoms with van der Waals surface area (Å²) in [6, 6.07) is 18.5. The second kappa shape index (κ2) is 9.23. The van der Waals surface area contributed by atoms with Crippen molar-refractivity contribution in [3.63, 3.8) is 0 Å². The average Bonchev–Trinajstić information content (AvgIpc) is 3.59. The molecule has 3 heterocycles. The Balaban J connectivity index is 1.15. The number of urea groups is 1. The number of amides is 3. The Bertz CT molecular complexity index is 1410. The van der Waals surface area contributed by atoms with Crippen molar-refractivity contribution >= 4 is 45.7 Å². The second-order valence-corrected chi connectivity index (χ2v) is 9.97. The molecular formula is C28H28N4O4S. The SMILES string of the molecule is COc1ccc(CCNC(=S)N2CC3CC2[C@@H]2C(=O)N(c4cccc5ccccc45)C(=O)N32)cc1OC. The predicted octanol–water partition coefficient (Wildman–Crippen LogP) is 3.57. The zero-order valence-corrected chi connectivity index (χ0v) is 21.5. The van der Waals surface area contributed by atoms with Crippen LogP contribution in [0.25, 0.3) is 10.8 Å². The number of fused-ring (bicyclic) bond motifs is 6. The van der Waals surface area contributed by atoms with Gasteiger partial charge < -0.3 is 24.6 Å². The minimum atomic E-state index is -0.518. The van der Waals surface area contributed by atoms with Crippen molar-refractivity contribution in [2.24, 2.45) is 0 Å². The fourth-order valence-electron chi connectivity index (χ4n) is 5.97. The summed E-state index contributed by atoms with van der Waals surface area (Å²) in [5.74, 6) is 1.21. The lowest BCUT2D eigenvalue weighted by atomic mass is 10.1. The summed E-state index contributed by atoms with van der Waals surface area (Å²) in [5.41, 5.74) is 1.74. The minimum absolute atomic E-state index is 0.0305. The Morgan fingerprint density at radius 1 is 1.03 bits per heavy atom. The average molecular weight is 517 g/mol. The normalized spacial score (nSPS) is 22.1. The molecule has 0 aromatic heterocycles. The van der Waals surface area contributed by atoms with Gasteiger partial charge in [-0.25, -0.2) is 9.69 Å². The number of hydrogen-bond donors (Lipinski definition) is 1. The summed E-state index contributed by atoms with van der Waals surface area (Å²) in [6.07, 6.45) is 1.51. The van der Waals surface area contributed by atoms with Gasteiger partial charge >= 0.3 is 6.03 Å². The molecule has 2 bridgehead atoms. The summed E-state index contributed by atoms with van der Waals surface area (Å²) in [7, 11) is 3.24. The van der Waals surface area contributed by atoms with Crippen LogP contribution in [-0.4, -0.2) is 72.3 Å². The van der Waals surface area contributed by atoms with E-state index < -0.39 is 6.04 Å². The number of likely N-dealkylation sites (tertiary alicyclic amines) is 1. The van der Waals surface area contributed by atoms with Gasteiger partial charge in [0.2, 0.25) is 0 Å². The number of anilines is 1. The highest BCUT2D eigenvalue weighted by molar-refractivity contribution is 7.80. The van der Waals surface area contributed by atoms with Crippen molar-refractivity contribution in [3.05, 3.63) is 66.2 Å². The molecule has 0 saturated carbocycles. The van der Waals surface area contributed by atoms with Crippen molar-refractivity contribution in [1.82, 2.24) is 15.1 Å². The van der Waals surface area contributed by atoms with Gasteiger partial charge in [0.1, 0.15) is 6.04 Å². The maximum absolute atomic E-state index is 13.7. The van der Waals surface area contributed by atoms with Gasteiger partial charge in [-0.05, 0) is 54.2 Å². The zero-order chi connectivity index (χ0) is 25.7. The van der Waals surface area contributed by atoms with E-state index in [1.54, 1.807) is 19.1 Å². The molecule has 0 spiro atoms. The van der Waals surface area contributed by atoms with Crippen LogP contribution >= 0.6 is 12.2 Å². The van der Waals surface area contributed by atoms with E-state index in [0.717, 1.165) is 29.2 Å². The molecule has 3 saturated heterocycles. The summed E-state index contributed by atoms with van der Waals surface area (Å²) in [5, 5.41) is 5.87. The van der Waals surface area contributed by atoms with E-state index in [0.29, 0.717) is 35.4 Å². The molecule has 3 aliphatic rings. The van der Waals surface area contributed by atoms with Crippen molar-refractivity contribution in [2.75, 3.05) is 32.2 Å². The van der Waals surface area contributed by atoms with Gasteiger partial charge in [0, 0.05) is 18.5 Å². The number of nitrogens with zero attached hydrogens (tertiary/aromatic N) is 3. The Morgan fingerprint density at radius 3 is 2.62 bits per heavy atom. The highest BCUT2D eigenvalue weighted by Crippen LogP contribution is 2.43. The molecule has 2 unspecified atom stereocenters. The van der Waals surface area contributed by atoms with Crippen LogP contribution in [0.15, 0.2) is 60.7 Å². The van der Waals surface area contributed by atoms with E-state index in [2.05, 4.69) is 10.2 Å². The van der Waals surface area contributed by atoms with Crippen molar-refractivity contribution < 1.29 is 19.1 Å². The number of ether oxygens (including phenoxy) is 2. The molecule has 0 aliphatic carbocycles. The first kappa shape index (κ1) is 23.5. The fourth-order valence-corrected chi connectivity index (χ4v) is 6.28. The standard InChI is InChI=1S/C28H28N4O4S/c1-35-23-11-10-17(14-24(23)36-2)12-13-29-27(37)30-16-19-15-22(30)25-26(33)32(28(34)31(19)25)21-9-5-7-18-6-3-4-8-20(18)21/h3-11,14,19,22,25H,12-13,15-16H2,1-2H3,(H,29,37)/t19?,22?,25-/m1/s1. The summed E-state index contributed by atoms with van der Waals surface area (Å²) < 4.78 is 10.7. The molecule has 0 radical (unpaired) electrons. The highest BCUT2D eigenvalue weighted by Gasteiger charge is 2.62. The van der Waals surface area contributed by atoms with Crippen LogP contribution in [0.4, 0.5) is 10.5 Å². The number of methoxy groups -OCH3 is 2. The third-order valence-electron chi connectivity index (χ3n) is 7.67. The lowest BCUT2D eigenvalue weighted by Crippen LogP contribution is -2.57. The monoisotopic (exact) mass is 516 g/mol. The quantitative estimate of drug-likeness (QED) is 0.397. The molecule has 3 atom stereocenters. The Kier molecular flexibility index (Phi) is 5.87. The Labute approximate surface area is 220 Å². The molecule has 3 aromatic rings. The van der Waals surface area contributed by atoms with Gasteiger partial charge in [-0.3, -0.25) is 4.79 Å². The summed E-state index contributed by atoms with van der Waals surface area (Å²) in [4.78, 5) is 32.4. The zero-order valence-electron chi connectivity index (χ0n) is 20.7. The van der Waals surface area contributed by atoms with Crippen molar-refractivity contribution in [1.29, 1.82) is 0 Å². The molecule has 3 amide bonds. The number of benzene rings is 3. The molecule has 190 valence electrons. The van der Waals surface area contributed by atoms with Crippen LogP contribution < -0.4 is 19.7 Å². The molecule has 3 aliphatic heterocycles. The molecule has 8 nitrogen and oxygen atoms in total. The largest absolute Gasteiger partial charge is 0.493 e. The smallest absolute Gasteiger partial charge is 0.332 e. The van der Waals surface area contributed by atoms with E-state index in [1.165, 1.54) is 4.90 Å². The van der Waals surface area contributed by atoms with E-state index in [-0.39, 0.29) is 24.0 Å². The Hall–Kier alpha value is -3.85. The molecule has 1 N–H and O–H groups in total. The lowest BCUT2D eigenvalue weighted by molar-refractivity contribution is -0.120. The number of carbonyl (C=O) groups excluding carboxylic acids is 2. The lowest BCUT2D eigenvalue weighted by Gasteiger charge is -2.36. The van der Waals surface area contributed by atoms with Crippen LogP contribution in [0.3, 0.4) is 0 Å². The number of carbonyl (C=O) groups is 2. The molecular weight excluding hydrogens is 488 g/mol. The Morgan fingerprint density at radius 2 is 1.81 bits per heavy atom. The summed E-state index contributed by atoms with van der Waals surface area (Å²) >= 11 is 5.74. The number of thiocarbonyl (C=S) groups is 1. The van der Waals surface area contributed by atoms with Crippen molar-refractivity contribution in [3.8, 4) is 11.5 Å². The van der Waals surface area contributed by atoms with Gasteiger partial charge in [-0.1, -0.05) is 42.5 Å². The van der Waals surface area contributed by atoms with Gasteiger partial charge in [0.05, 0.1) is 32.0 Å². The minimum Gasteiger partial charge on any atom is -0.493 e. The molecule has 9 heteroatoms. The summed E-state index contributed by atoms with van der Waals surface area (Å²) in [6.45, 7) is 1.28. The van der Waals surface area contributed by atoms with E-state index in [9.17, 15) is 9.59 Å². The molecule has 3 aromatic carbocycles. The first-order valence-corrected chi connectivity index (χ1v) is 12.8. The number of rotatable bonds is 6. The van der Waals surface area contributed by atoms with Gasteiger partial charge in [-0.15, -0.1) is 0 Å². The maximum atomic E-state index is 13.7. The van der Waals surface area contributed by atoms with Crippen LogP contribution in [0.1, 0.15) is 12.0 Å². The third-order valence-corrected chi connectivity index (χ3v) is 8.05. The van der Waals surface area contributed by atoms with E-state index in [1.807, 2.05) is 60.7 Å². The molecule has 37 heavy (non-hydrogen) atoms. The van der Waals surface area contributed by atoms with E-state index in [4.69, 9.17) is 21.7 Å². The third kappa shape index (κ3) is 3.76. The fraction of sp³-hybridized carbons (Fsp3) is 0.321. The molecule has 3 fully saturated rings. The van der Waals surface area contributed by atoms with Crippen molar-refractivity contribution in [2.45, 2.75) is 31.0 Å². The topological polar surface area (TPSA) is 74.4 Å². The van der Waals surface area contributed by atoms with Crippen LogP contribution in [0.5, 0.6) is 11.5 Å². The highest BCUT2D eigenvalue weighted by atomic mass is 32.1.